The molecule has 0 radical (unpaired) electrons. The molecule has 11 heteroatoms. The van der Waals surface area contributed by atoms with Crippen LogP contribution in [0.5, 0.6) is 0 Å². The number of carbonyl (C=O) groups excluding carboxylic acids is 2. The first-order valence-electron chi connectivity index (χ1n) is 7.40. The number of rotatable bonds is 7. The van der Waals surface area contributed by atoms with Crippen molar-refractivity contribution in [3.8, 4) is 0 Å². The van der Waals surface area contributed by atoms with Crippen LogP contribution in [0.3, 0.4) is 0 Å². The van der Waals surface area contributed by atoms with Gasteiger partial charge in [-0.1, -0.05) is 13.2 Å². The van der Waals surface area contributed by atoms with E-state index in [-0.39, 0.29) is 0 Å². The Morgan fingerprint density at radius 2 is 1.15 bits per heavy atom. The molecule has 0 aromatic carbocycles. The maximum Gasteiger partial charge on any atom is 0.342 e. The highest BCUT2D eigenvalue weighted by Crippen LogP contribution is 2.06. The largest absolute Gasteiger partial charge is 0.438 e. The molecule has 3 unspecified atom stereocenters. The third-order valence-electron chi connectivity index (χ3n) is 3.24. The van der Waals surface area contributed by atoms with Crippen LogP contribution in [0, 0.1) is 0 Å². The summed E-state index contributed by atoms with van der Waals surface area (Å²) < 4.78 is 10.9. The monoisotopic (exact) mass is 369 g/mol. The van der Waals surface area contributed by atoms with E-state index < -0.39 is 47.7 Å². The van der Waals surface area contributed by atoms with Gasteiger partial charge in [-0.2, -0.15) is 0 Å². The van der Waals surface area contributed by atoms with Crippen LogP contribution < -0.4 is 17.1 Å². The number of carbonyl (C=O) groups is 2. The van der Waals surface area contributed by atoms with E-state index >= 15 is 0 Å². The fourth-order valence-corrected chi connectivity index (χ4v) is 2.07. The highest BCUT2D eigenvalue weighted by atomic mass is 16.6. The van der Waals surface area contributed by atoms with Crippen LogP contribution in [-0.4, -0.2) is 30.7 Å². The van der Waals surface area contributed by atoms with Gasteiger partial charge in [-0.05, 0) is 20.8 Å². The van der Waals surface area contributed by atoms with Gasteiger partial charge < -0.3 is 14.6 Å². The highest BCUT2D eigenvalue weighted by molar-refractivity contribution is 5.81. The normalized spacial score (nSPS) is 14.0. The molecule has 1 N–H and O–H groups in total. The van der Waals surface area contributed by atoms with Crippen LogP contribution in [0.4, 0.5) is 0 Å². The molecular weight excluding hydrogens is 350 g/mol. The average molecular weight is 369 g/mol. The number of aliphatic hydroxyl groups excluding tert-OH is 1. The van der Waals surface area contributed by atoms with Gasteiger partial charge in [0, 0.05) is 12.2 Å². The quantitative estimate of drug-likeness (QED) is 0.486. The average Bonchev–Trinajstić information content (AvgIpc) is 2.53. The first-order valence-corrected chi connectivity index (χ1v) is 7.40. The van der Waals surface area contributed by atoms with Crippen molar-refractivity contribution in [1.29, 1.82) is 0 Å². The molecule has 1 rings (SSSR count). The fourth-order valence-electron chi connectivity index (χ4n) is 2.07. The molecule has 0 saturated carbocycles. The van der Waals surface area contributed by atoms with E-state index in [1.807, 2.05) is 0 Å². The Labute approximate surface area is 147 Å². The first-order chi connectivity index (χ1) is 12.1. The Kier molecular flexibility index (Phi) is 6.61. The van der Waals surface area contributed by atoms with Crippen LogP contribution >= 0.6 is 0 Å². The Morgan fingerprint density at radius 3 is 1.42 bits per heavy atom. The standard InChI is InChI=1S/C15H19N3O8/c1-6-11(20)25-9(4)17-13(22)16(8(3)19)14(23)18(15(17)24)10(5)26-12(21)7-2/h6-10,19H,1-2H2,3-5H3. The van der Waals surface area contributed by atoms with Crippen molar-refractivity contribution in [3.63, 3.8) is 0 Å². The number of hydrogen-bond donors (Lipinski definition) is 1. The van der Waals surface area contributed by atoms with Crippen molar-refractivity contribution in [3.05, 3.63) is 56.8 Å². The minimum atomic E-state index is -1.61. The van der Waals surface area contributed by atoms with Gasteiger partial charge in [-0.3, -0.25) is 0 Å². The molecule has 142 valence electrons. The molecule has 0 amide bonds. The fraction of sp³-hybridized carbons (Fsp3) is 0.400. The SMILES string of the molecule is C=CC(=O)OC(C)n1c(=O)n(C(C)O)c(=O)n(C(C)OC(=O)C=C)c1=O. The zero-order chi connectivity index (χ0) is 20.2. The van der Waals surface area contributed by atoms with Crippen molar-refractivity contribution in [1.82, 2.24) is 13.7 Å². The van der Waals surface area contributed by atoms with E-state index in [0.717, 1.165) is 19.1 Å². The minimum absolute atomic E-state index is 0.345. The van der Waals surface area contributed by atoms with E-state index in [1.54, 1.807) is 0 Å². The van der Waals surface area contributed by atoms with Gasteiger partial charge >= 0.3 is 29.0 Å². The van der Waals surface area contributed by atoms with E-state index in [4.69, 9.17) is 9.47 Å². The molecule has 26 heavy (non-hydrogen) atoms. The molecule has 11 nitrogen and oxygen atoms in total. The zero-order valence-corrected chi connectivity index (χ0v) is 14.4. The summed E-state index contributed by atoms with van der Waals surface area (Å²) in [5.74, 6) is -1.84. The Bertz CT molecular complexity index is 839. The molecule has 1 aromatic rings. The Hall–Kier alpha value is -3.21. The first kappa shape index (κ1) is 20.8. The number of aliphatic hydroxyl groups is 1. The predicted molar refractivity (Wildman–Crippen MR) is 88.2 cm³/mol. The molecule has 0 bridgehead atoms. The minimum Gasteiger partial charge on any atom is -0.438 e. The molecular formula is C15H19N3O8. The molecule has 0 fully saturated rings. The molecule has 0 aliphatic rings. The number of aromatic nitrogens is 3. The van der Waals surface area contributed by atoms with Gasteiger partial charge in [0.25, 0.3) is 0 Å². The third kappa shape index (κ3) is 4.06. The lowest BCUT2D eigenvalue weighted by molar-refractivity contribution is -0.147. The maximum absolute atomic E-state index is 12.6. The second-order valence-corrected chi connectivity index (χ2v) is 5.07. The molecule has 0 saturated heterocycles. The summed E-state index contributed by atoms with van der Waals surface area (Å²) in [7, 11) is 0. The van der Waals surface area contributed by atoms with Crippen LogP contribution in [0.1, 0.15) is 39.5 Å². The molecule has 3 atom stereocenters. The lowest BCUT2D eigenvalue weighted by Crippen LogP contribution is -2.57. The summed E-state index contributed by atoms with van der Waals surface area (Å²) in [6.45, 7) is 9.90. The zero-order valence-electron chi connectivity index (χ0n) is 14.4. The molecule has 1 heterocycles. The van der Waals surface area contributed by atoms with Crippen molar-refractivity contribution in [2.75, 3.05) is 0 Å². The number of ether oxygens (including phenoxy) is 2. The maximum atomic E-state index is 12.6. The van der Waals surface area contributed by atoms with Gasteiger partial charge in [0.2, 0.25) is 0 Å². The van der Waals surface area contributed by atoms with Crippen molar-refractivity contribution < 1.29 is 24.2 Å². The summed E-state index contributed by atoms with van der Waals surface area (Å²) in [6.07, 6.45) is -2.84. The summed E-state index contributed by atoms with van der Waals surface area (Å²) in [4.78, 5) is 60.1. The van der Waals surface area contributed by atoms with E-state index in [0.29, 0.717) is 13.7 Å². The van der Waals surface area contributed by atoms with E-state index in [1.165, 1.54) is 13.8 Å². The topological polar surface area (TPSA) is 139 Å². The van der Waals surface area contributed by atoms with Gasteiger partial charge in [0.05, 0.1) is 0 Å². The highest BCUT2D eigenvalue weighted by Gasteiger charge is 2.26. The van der Waals surface area contributed by atoms with Crippen LogP contribution in [0.25, 0.3) is 0 Å². The molecule has 0 aliphatic heterocycles. The van der Waals surface area contributed by atoms with Gasteiger partial charge in [0.15, 0.2) is 12.5 Å². The van der Waals surface area contributed by atoms with Crippen LogP contribution in [-0.2, 0) is 19.1 Å². The van der Waals surface area contributed by atoms with Crippen molar-refractivity contribution in [2.45, 2.75) is 39.5 Å². The van der Waals surface area contributed by atoms with E-state index in [9.17, 15) is 29.1 Å². The number of hydrogen-bond acceptors (Lipinski definition) is 8. The third-order valence-corrected chi connectivity index (χ3v) is 3.24. The number of esters is 2. The van der Waals surface area contributed by atoms with Gasteiger partial charge in [-0.25, -0.2) is 37.7 Å². The summed E-state index contributed by atoms with van der Waals surface area (Å²) in [6, 6.07) is 0. The summed E-state index contributed by atoms with van der Waals surface area (Å²) in [5.41, 5.74) is -3.62. The van der Waals surface area contributed by atoms with Crippen LogP contribution in [0.2, 0.25) is 0 Å². The molecule has 0 aliphatic carbocycles. The molecule has 0 spiro atoms. The Morgan fingerprint density at radius 1 is 0.846 bits per heavy atom. The lowest BCUT2D eigenvalue weighted by atomic mass is 10.5. The number of nitrogens with zero attached hydrogens (tertiary/aromatic N) is 3. The van der Waals surface area contributed by atoms with Crippen molar-refractivity contribution >= 4 is 11.9 Å². The second kappa shape index (κ2) is 8.25. The van der Waals surface area contributed by atoms with Crippen LogP contribution in [0.15, 0.2) is 39.7 Å². The predicted octanol–water partition coefficient (Wildman–Crippen LogP) is -0.822. The van der Waals surface area contributed by atoms with Crippen molar-refractivity contribution in [2.24, 2.45) is 0 Å². The lowest BCUT2D eigenvalue weighted by Gasteiger charge is -2.21. The van der Waals surface area contributed by atoms with Gasteiger partial charge in [-0.15, -0.1) is 0 Å². The van der Waals surface area contributed by atoms with Gasteiger partial charge in [0.1, 0.15) is 6.23 Å². The van der Waals surface area contributed by atoms with E-state index in [2.05, 4.69) is 13.2 Å². The smallest absolute Gasteiger partial charge is 0.342 e. The Balaban J connectivity index is 3.74. The summed E-state index contributed by atoms with van der Waals surface area (Å²) in [5, 5.41) is 9.73. The summed E-state index contributed by atoms with van der Waals surface area (Å²) >= 11 is 0. The second-order valence-electron chi connectivity index (χ2n) is 5.07. The molecule has 1 aromatic heterocycles.